The van der Waals surface area contributed by atoms with Gasteiger partial charge in [-0.05, 0) is 57.4 Å². The summed E-state index contributed by atoms with van der Waals surface area (Å²) in [5.41, 5.74) is 8.34. The van der Waals surface area contributed by atoms with Crippen LogP contribution in [0.5, 0.6) is 0 Å². The first-order valence-corrected chi connectivity index (χ1v) is 23.4. The number of hydrogen-bond acceptors (Lipinski definition) is 4. The molecule has 9 aromatic rings. The third-order valence-electron chi connectivity index (χ3n) is 10.8. The van der Waals surface area contributed by atoms with Crippen molar-refractivity contribution in [3.8, 4) is 28.3 Å². The molecule has 9 rings (SSSR count). The first kappa shape index (κ1) is 42.7. The van der Waals surface area contributed by atoms with E-state index in [1.165, 1.54) is 27.9 Å². The number of aryl methyl sites for hydroxylation is 1. The maximum absolute atomic E-state index is 13.5. The zero-order chi connectivity index (χ0) is 41.8. The quantitative estimate of drug-likeness (QED) is 0.123. The molecule has 5 nitrogen and oxygen atoms in total. The number of aromatic nitrogens is 4. The van der Waals surface area contributed by atoms with Gasteiger partial charge in [0.05, 0.1) is 30.5 Å². The van der Waals surface area contributed by atoms with Crippen LogP contribution >= 0.6 is 0 Å². The van der Waals surface area contributed by atoms with Crippen LogP contribution in [0.3, 0.4) is 0 Å². The van der Waals surface area contributed by atoms with Gasteiger partial charge in [0.15, 0.2) is 0 Å². The van der Waals surface area contributed by atoms with E-state index in [0.717, 1.165) is 44.8 Å². The summed E-state index contributed by atoms with van der Waals surface area (Å²) in [6.07, 6.45) is -2.56. The number of fused-ring (bicyclic) bond motifs is 6. The van der Waals surface area contributed by atoms with E-state index >= 15 is 0 Å². The van der Waals surface area contributed by atoms with E-state index in [4.69, 9.17) is 9.40 Å². The van der Waals surface area contributed by atoms with Gasteiger partial charge in [-0.2, -0.15) is 13.2 Å². The molecule has 4 aromatic heterocycles. The van der Waals surface area contributed by atoms with Crippen LogP contribution in [0.25, 0.3) is 72.2 Å². The summed E-state index contributed by atoms with van der Waals surface area (Å²) < 4.78 is 48.8. The average Bonchev–Trinajstić information content (AvgIpc) is 3.79. The largest absolute Gasteiger partial charge is 0.486 e. The standard InChI is InChI=1S/C35H27F3N3O.C15H18NSi.Ir/c1-19(2)22-11-7-12-23(20(3)4)30(22)41-31-24-10-6-5-9-21(24)15-17-28(31)39-33(41)27-14-8-13-25-26-16-18-29(35(36,37)38)40-34(26)42-32(25)27;1-12-5-7-13(8-6-12)15-10-9-14(11-16-15)17(2,3)4;/h5-13,15-20H,1-4H3;5-7,9-11H,1-4H3;/q2*-1;. The number of benzene rings is 5. The maximum atomic E-state index is 13.5. The van der Waals surface area contributed by atoms with Gasteiger partial charge in [-0.3, -0.25) is 4.98 Å². The van der Waals surface area contributed by atoms with Gasteiger partial charge in [0.1, 0.15) is 5.69 Å². The zero-order valence-electron chi connectivity index (χ0n) is 34.8. The summed E-state index contributed by atoms with van der Waals surface area (Å²) in [5.74, 6) is 1.04. The first-order chi connectivity index (χ1) is 28.1. The molecule has 60 heavy (non-hydrogen) atoms. The summed E-state index contributed by atoms with van der Waals surface area (Å²) in [4.78, 5) is 13.5. The Morgan fingerprint density at radius 2 is 1.47 bits per heavy atom. The van der Waals surface area contributed by atoms with Crippen LogP contribution in [0, 0.1) is 19.1 Å². The number of alkyl halides is 3. The number of furan rings is 1. The van der Waals surface area contributed by atoms with E-state index < -0.39 is 19.9 Å². The van der Waals surface area contributed by atoms with Crippen LogP contribution in [0.1, 0.15) is 61.9 Å². The van der Waals surface area contributed by atoms with Crippen molar-refractivity contribution in [3.05, 3.63) is 150 Å². The number of halogens is 3. The minimum absolute atomic E-state index is 0. The Balaban J connectivity index is 0.000000255. The summed E-state index contributed by atoms with van der Waals surface area (Å²) in [6.45, 7) is 17.8. The van der Waals surface area contributed by atoms with Gasteiger partial charge >= 0.3 is 6.18 Å². The minimum Gasteiger partial charge on any atom is -0.486 e. The minimum atomic E-state index is -4.58. The Kier molecular flexibility index (Phi) is 11.8. The Hall–Kier alpha value is -5.41. The van der Waals surface area contributed by atoms with Gasteiger partial charge in [-0.25, -0.2) is 4.98 Å². The van der Waals surface area contributed by atoms with Crippen molar-refractivity contribution < 1.29 is 37.7 Å². The van der Waals surface area contributed by atoms with E-state index in [1.54, 1.807) is 12.1 Å². The fourth-order valence-corrected chi connectivity index (χ4v) is 8.63. The molecule has 4 heterocycles. The van der Waals surface area contributed by atoms with Gasteiger partial charge < -0.3 is 14.0 Å². The molecule has 307 valence electrons. The van der Waals surface area contributed by atoms with E-state index in [2.05, 4.69) is 142 Å². The second kappa shape index (κ2) is 16.6. The molecule has 0 aliphatic rings. The molecule has 0 saturated carbocycles. The van der Waals surface area contributed by atoms with Gasteiger partial charge in [0.25, 0.3) is 0 Å². The van der Waals surface area contributed by atoms with E-state index in [-0.39, 0.29) is 37.7 Å². The van der Waals surface area contributed by atoms with Gasteiger partial charge in [-0.15, -0.1) is 53.6 Å². The molecule has 0 N–H and O–H groups in total. The third-order valence-corrected chi connectivity index (χ3v) is 12.8. The smallest absolute Gasteiger partial charge is 0.433 e. The Morgan fingerprint density at radius 3 is 2.10 bits per heavy atom. The van der Waals surface area contributed by atoms with Crippen molar-refractivity contribution in [2.45, 2.75) is 72.3 Å². The van der Waals surface area contributed by atoms with Crippen molar-refractivity contribution in [3.63, 3.8) is 0 Å². The molecule has 0 amide bonds. The molecule has 0 atom stereocenters. The van der Waals surface area contributed by atoms with Crippen molar-refractivity contribution in [1.29, 1.82) is 0 Å². The van der Waals surface area contributed by atoms with Crippen molar-refractivity contribution in [2.24, 2.45) is 0 Å². The summed E-state index contributed by atoms with van der Waals surface area (Å²) in [7, 11) is -1.24. The number of para-hydroxylation sites is 1. The number of hydrogen-bond donors (Lipinski definition) is 0. The number of rotatable bonds is 6. The maximum Gasteiger partial charge on any atom is 0.433 e. The third kappa shape index (κ3) is 8.08. The SMILES string of the molecule is CC(C)c1cccc(C(C)C)c1-n1c(-c2[c-]ccc3c2oc2nc(C(F)(F)F)ccc23)nc2ccc3ccccc3c21.Cc1c[c-]c(-c2ccc([Si](C)(C)C)cn2)cc1.[Ir]. The number of pyridine rings is 2. The molecule has 10 heteroatoms. The summed E-state index contributed by atoms with van der Waals surface area (Å²) in [6, 6.07) is 41.7. The van der Waals surface area contributed by atoms with Crippen LogP contribution in [-0.4, -0.2) is 27.6 Å². The molecule has 0 aliphatic carbocycles. The monoisotopic (exact) mass is 995 g/mol. The fourth-order valence-electron chi connectivity index (χ4n) is 7.60. The molecular formula is C50H45F3IrN4OSi-2. The van der Waals surface area contributed by atoms with E-state index in [0.29, 0.717) is 27.7 Å². The molecular weight excluding hydrogens is 950 g/mol. The molecule has 0 fully saturated rings. The Morgan fingerprint density at radius 1 is 0.733 bits per heavy atom. The molecule has 0 aliphatic heterocycles. The molecule has 0 unspecified atom stereocenters. The fraction of sp³-hybridized carbons (Fsp3) is 0.220. The van der Waals surface area contributed by atoms with Crippen LogP contribution in [0.4, 0.5) is 13.2 Å². The summed E-state index contributed by atoms with van der Waals surface area (Å²) in [5, 5.41) is 4.70. The van der Waals surface area contributed by atoms with E-state index in [1.807, 2.05) is 30.5 Å². The second-order valence-electron chi connectivity index (χ2n) is 16.7. The van der Waals surface area contributed by atoms with E-state index in [9.17, 15) is 13.2 Å². The topological polar surface area (TPSA) is 56.7 Å². The molecule has 1 radical (unpaired) electrons. The summed E-state index contributed by atoms with van der Waals surface area (Å²) >= 11 is 0. The van der Waals surface area contributed by atoms with Crippen molar-refractivity contribution >= 4 is 57.1 Å². The normalized spacial score (nSPS) is 12.1. The van der Waals surface area contributed by atoms with Crippen molar-refractivity contribution in [2.75, 3.05) is 0 Å². The average molecular weight is 995 g/mol. The second-order valence-corrected chi connectivity index (χ2v) is 21.8. The predicted molar refractivity (Wildman–Crippen MR) is 237 cm³/mol. The Labute approximate surface area is 363 Å². The van der Waals surface area contributed by atoms with Gasteiger partial charge in [0.2, 0.25) is 5.71 Å². The van der Waals surface area contributed by atoms with Crippen LogP contribution < -0.4 is 5.19 Å². The van der Waals surface area contributed by atoms with Crippen LogP contribution in [0.15, 0.2) is 120 Å². The van der Waals surface area contributed by atoms with Crippen LogP contribution in [0.2, 0.25) is 19.6 Å². The molecule has 0 bridgehead atoms. The van der Waals surface area contributed by atoms with Gasteiger partial charge in [0, 0.05) is 42.8 Å². The first-order valence-electron chi connectivity index (χ1n) is 19.9. The van der Waals surface area contributed by atoms with Crippen LogP contribution in [-0.2, 0) is 26.3 Å². The van der Waals surface area contributed by atoms with Gasteiger partial charge in [-0.1, -0.05) is 126 Å². The molecule has 0 saturated heterocycles. The van der Waals surface area contributed by atoms with Crippen molar-refractivity contribution in [1.82, 2.24) is 19.5 Å². The predicted octanol–water partition coefficient (Wildman–Crippen LogP) is 13.6. The zero-order valence-corrected chi connectivity index (χ0v) is 38.2. The molecule has 0 spiro atoms. The Bertz CT molecular complexity index is 2950. The number of nitrogens with zero attached hydrogens (tertiary/aromatic N) is 4. The molecule has 5 aromatic carbocycles. The number of imidazole rings is 1.